The largest absolute Gasteiger partial charge is 0.374 e. The zero-order chi connectivity index (χ0) is 17.1. The van der Waals surface area contributed by atoms with E-state index in [2.05, 4.69) is 40.8 Å². The summed E-state index contributed by atoms with van der Waals surface area (Å²) < 4.78 is 5.96. The van der Waals surface area contributed by atoms with E-state index in [0.29, 0.717) is 24.0 Å². The van der Waals surface area contributed by atoms with E-state index in [4.69, 9.17) is 4.74 Å². The van der Waals surface area contributed by atoms with Crippen LogP contribution in [0.15, 0.2) is 0 Å². The SMILES string of the molecule is CC(C(=O)N1CCN(CC2CN(C(C)C)CCO2)CC1)C1CNC1.Cl.Cl.Cl. The van der Waals surface area contributed by atoms with Crippen molar-refractivity contribution in [2.75, 3.05) is 65.5 Å². The average Bonchev–Trinajstić information content (AvgIpc) is 2.53. The number of amides is 1. The van der Waals surface area contributed by atoms with E-state index in [9.17, 15) is 4.79 Å². The fourth-order valence-corrected chi connectivity index (χ4v) is 3.91. The van der Waals surface area contributed by atoms with Crippen LogP contribution in [0.4, 0.5) is 0 Å². The maximum atomic E-state index is 12.6. The molecule has 0 bridgehead atoms. The fraction of sp³-hybridized carbons (Fsp3) is 0.944. The first-order chi connectivity index (χ1) is 11.5. The van der Waals surface area contributed by atoms with Crippen LogP contribution in [0.1, 0.15) is 20.8 Å². The monoisotopic (exact) mass is 446 g/mol. The summed E-state index contributed by atoms with van der Waals surface area (Å²) in [6.45, 7) is 16.2. The van der Waals surface area contributed by atoms with Gasteiger partial charge in [-0.2, -0.15) is 0 Å². The Hall–Kier alpha value is 0.180. The molecular formula is C18H37Cl3N4O2. The highest BCUT2D eigenvalue weighted by molar-refractivity contribution is 5.86. The molecule has 3 aliphatic rings. The number of nitrogens with one attached hydrogen (secondary N) is 1. The van der Waals surface area contributed by atoms with Gasteiger partial charge in [-0.1, -0.05) is 6.92 Å². The van der Waals surface area contributed by atoms with Crippen LogP contribution in [0, 0.1) is 11.8 Å². The second kappa shape index (κ2) is 12.7. The summed E-state index contributed by atoms with van der Waals surface area (Å²) in [5.41, 5.74) is 0. The van der Waals surface area contributed by atoms with Gasteiger partial charge in [-0.15, -0.1) is 37.2 Å². The molecule has 2 atom stereocenters. The van der Waals surface area contributed by atoms with Crippen molar-refractivity contribution in [1.29, 1.82) is 0 Å². The lowest BCUT2D eigenvalue weighted by molar-refractivity contribution is -0.139. The molecule has 0 aliphatic carbocycles. The minimum Gasteiger partial charge on any atom is -0.374 e. The number of ether oxygens (including phenoxy) is 1. The highest BCUT2D eigenvalue weighted by Gasteiger charge is 2.33. The highest BCUT2D eigenvalue weighted by atomic mass is 35.5. The Morgan fingerprint density at radius 2 is 1.67 bits per heavy atom. The molecule has 6 nitrogen and oxygen atoms in total. The average molecular weight is 448 g/mol. The lowest BCUT2D eigenvalue weighted by Gasteiger charge is -2.41. The summed E-state index contributed by atoms with van der Waals surface area (Å²) in [4.78, 5) is 19.6. The van der Waals surface area contributed by atoms with Crippen molar-refractivity contribution in [3.05, 3.63) is 0 Å². The summed E-state index contributed by atoms with van der Waals surface area (Å²) in [6, 6.07) is 0.591. The third kappa shape index (κ3) is 7.18. The van der Waals surface area contributed by atoms with Crippen LogP contribution in [0.5, 0.6) is 0 Å². The van der Waals surface area contributed by atoms with Crippen molar-refractivity contribution >= 4 is 43.1 Å². The Bertz CT molecular complexity index is 433. The predicted molar refractivity (Wildman–Crippen MR) is 117 cm³/mol. The van der Waals surface area contributed by atoms with Crippen molar-refractivity contribution in [3.8, 4) is 0 Å². The van der Waals surface area contributed by atoms with Gasteiger partial charge in [0.2, 0.25) is 5.91 Å². The van der Waals surface area contributed by atoms with Gasteiger partial charge in [0.1, 0.15) is 0 Å². The maximum Gasteiger partial charge on any atom is 0.225 e. The molecule has 0 aromatic rings. The summed E-state index contributed by atoms with van der Waals surface area (Å²) in [5.74, 6) is 1.05. The van der Waals surface area contributed by atoms with Gasteiger partial charge in [0, 0.05) is 57.8 Å². The van der Waals surface area contributed by atoms with E-state index < -0.39 is 0 Å². The van der Waals surface area contributed by atoms with E-state index in [-0.39, 0.29) is 43.1 Å². The van der Waals surface area contributed by atoms with Crippen LogP contribution >= 0.6 is 37.2 Å². The maximum absolute atomic E-state index is 12.6. The summed E-state index contributed by atoms with van der Waals surface area (Å²) in [7, 11) is 0. The van der Waals surface area contributed by atoms with Crippen LogP contribution in [-0.4, -0.2) is 98.3 Å². The molecule has 162 valence electrons. The number of carbonyl (C=O) groups excluding carboxylic acids is 1. The van der Waals surface area contributed by atoms with E-state index >= 15 is 0 Å². The van der Waals surface area contributed by atoms with Crippen LogP contribution < -0.4 is 5.32 Å². The molecule has 0 saturated carbocycles. The molecule has 3 aliphatic heterocycles. The number of carbonyl (C=O) groups is 1. The first-order valence-electron chi connectivity index (χ1n) is 9.62. The number of morpholine rings is 1. The van der Waals surface area contributed by atoms with E-state index in [0.717, 1.165) is 65.5 Å². The van der Waals surface area contributed by atoms with Crippen molar-refractivity contribution in [1.82, 2.24) is 20.0 Å². The first kappa shape index (κ1) is 27.2. The molecule has 1 amide bonds. The zero-order valence-corrected chi connectivity index (χ0v) is 19.2. The molecule has 0 radical (unpaired) electrons. The number of rotatable bonds is 5. The Balaban J connectivity index is 0.00000225. The van der Waals surface area contributed by atoms with E-state index in [1.807, 2.05) is 0 Å². The highest BCUT2D eigenvalue weighted by Crippen LogP contribution is 2.19. The predicted octanol–water partition coefficient (Wildman–Crippen LogP) is 1.36. The van der Waals surface area contributed by atoms with Crippen molar-refractivity contribution in [2.45, 2.75) is 32.9 Å². The van der Waals surface area contributed by atoms with Gasteiger partial charge in [0.25, 0.3) is 0 Å². The van der Waals surface area contributed by atoms with E-state index in [1.165, 1.54) is 0 Å². The summed E-state index contributed by atoms with van der Waals surface area (Å²) in [5, 5.41) is 3.27. The topological polar surface area (TPSA) is 48.1 Å². The molecule has 27 heavy (non-hydrogen) atoms. The third-order valence-electron chi connectivity index (χ3n) is 5.96. The second-order valence-electron chi connectivity index (χ2n) is 7.91. The standard InChI is InChI=1S/C18H34N4O2.3ClH/c1-14(2)22-8-9-24-17(13-22)12-20-4-6-21(7-5-20)18(23)15(3)16-10-19-11-16;;;/h14-17,19H,4-13H2,1-3H3;3*1H. The van der Waals surface area contributed by atoms with Crippen LogP contribution in [0.25, 0.3) is 0 Å². The number of halogens is 3. The normalized spacial score (nSPS) is 25.6. The molecule has 2 unspecified atom stereocenters. The number of hydrogen-bond donors (Lipinski definition) is 1. The van der Waals surface area contributed by atoms with Crippen LogP contribution in [0.2, 0.25) is 0 Å². The number of piperazine rings is 1. The lowest BCUT2D eigenvalue weighted by atomic mass is 9.88. The zero-order valence-electron chi connectivity index (χ0n) is 16.8. The number of nitrogens with zero attached hydrogens (tertiary/aromatic N) is 3. The summed E-state index contributed by atoms with van der Waals surface area (Å²) in [6.07, 6.45) is 0.309. The van der Waals surface area contributed by atoms with Gasteiger partial charge in [-0.3, -0.25) is 14.6 Å². The fourth-order valence-electron chi connectivity index (χ4n) is 3.91. The Labute approximate surface area is 182 Å². The van der Waals surface area contributed by atoms with Gasteiger partial charge >= 0.3 is 0 Å². The molecule has 0 aromatic heterocycles. The van der Waals surface area contributed by atoms with Gasteiger partial charge in [0.15, 0.2) is 0 Å². The van der Waals surface area contributed by atoms with Crippen molar-refractivity contribution < 1.29 is 9.53 Å². The summed E-state index contributed by atoms with van der Waals surface area (Å²) >= 11 is 0. The molecule has 3 rings (SSSR count). The van der Waals surface area contributed by atoms with Crippen molar-refractivity contribution in [3.63, 3.8) is 0 Å². The van der Waals surface area contributed by atoms with Gasteiger partial charge in [-0.25, -0.2) is 0 Å². The second-order valence-corrected chi connectivity index (χ2v) is 7.91. The van der Waals surface area contributed by atoms with E-state index in [1.54, 1.807) is 0 Å². The van der Waals surface area contributed by atoms with Gasteiger partial charge in [0.05, 0.1) is 12.7 Å². The van der Waals surface area contributed by atoms with Gasteiger partial charge in [-0.05, 0) is 32.9 Å². The molecule has 3 heterocycles. The molecular weight excluding hydrogens is 411 g/mol. The smallest absolute Gasteiger partial charge is 0.225 e. The molecule has 3 fully saturated rings. The molecule has 1 N–H and O–H groups in total. The lowest BCUT2D eigenvalue weighted by Crippen LogP contribution is -2.56. The third-order valence-corrected chi connectivity index (χ3v) is 5.96. The Morgan fingerprint density at radius 3 is 2.19 bits per heavy atom. The minimum atomic E-state index is 0. The molecule has 9 heteroatoms. The van der Waals surface area contributed by atoms with Crippen LogP contribution in [0.3, 0.4) is 0 Å². The molecule has 0 aromatic carbocycles. The minimum absolute atomic E-state index is 0. The Morgan fingerprint density at radius 1 is 1.04 bits per heavy atom. The first-order valence-corrected chi connectivity index (χ1v) is 9.62. The Kier molecular flexibility index (Phi) is 12.8. The van der Waals surface area contributed by atoms with Crippen LogP contribution in [-0.2, 0) is 9.53 Å². The molecule has 3 saturated heterocycles. The van der Waals surface area contributed by atoms with Crippen molar-refractivity contribution in [2.24, 2.45) is 11.8 Å². The van der Waals surface area contributed by atoms with Gasteiger partial charge < -0.3 is 15.0 Å². The molecule has 0 spiro atoms. The quantitative estimate of drug-likeness (QED) is 0.689. The number of hydrogen-bond acceptors (Lipinski definition) is 5.